The number of nitrogens with zero attached hydrogens (tertiary/aromatic N) is 3. The predicted molar refractivity (Wildman–Crippen MR) is 127 cm³/mol. The number of ether oxygens (including phenoxy) is 2. The number of benzene rings is 2. The Kier molecular flexibility index (Phi) is 6.39. The lowest BCUT2D eigenvalue weighted by molar-refractivity contribution is -0.00286. The van der Waals surface area contributed by atoms with Crippen LogP contribution in [0.4, 0.5) is 17.3 Å². The summed E-state index contributed by atoms with van der Waals surface area (Å²) in [5, 5.41) is 12.7. The molecule has 3 aromatic rings. The van der Waals surface area contributed by atoms with Crippen LogP contribution in [0.2, 0.25) is 0 Å². The maximum Gasteiger partial charge on any atom is 0.227 e. The first-order valence-corrected chi connectivity index (χ1v) is 11.4. The van der Waals surface area contributed by atoms with E-state index in [2.05, 4.69) is 32.3 Å². The molecule has 1 aromatic heterocycles. The summed E-state index contributed by atoms with van der Waals surface area (Å²) >= 11 is 0. The second-order valence-corrected chi connectivity index (χ2v) is 8.62. The predicted octanol–water partition coefficient (Wildman–Crippen LogP) is 3.20. The molecule has 0 saturated carbocycles. The van der Waals surface area contributed by atoms with Crippen molar-refractivity contribution >= 4 is 17.3 Å². The molecule has 8 heteroatoms. The van der Waals surface area contributed by atoms with E-state index in [-0.39, 0.29) is 12.2 Å². The second-order valence-electron chi connectivity index (χ2n) is 8.62. The van der Waals surface area contributed by atoms with Crippen LogP contribution >= 0.6 is 0 Å². The summed E-state index contributed by atoms with van der Waals surface area (Å²) in [6, 6.07) is 15.8. The van der Waals surface area contributed by atoms with Crippen molar-refractivity contribution in [2.75, 3.05) is 37.4 Å². The lowest BCUT2D eigenvalue weighted by Crippen LogP contribution is -2.49. The van der Waals surface area contributed by atoms with Crippen LogP contribution in [0.1, 0.15) is 18.4 Å². The number of likely N-dealkylation sites (tertiary alicyclic amines) is 1. The van der Waals surface area contributed by atoms with Crippen molar-refractivity contribution in [2.24, 2.45) is 0 Å². The zero-order valence-electron chi connectivity index (χ0n) is 18.5. The third-order valence-electron chi connectivity index (χ3n) is 5.98. The number of rotatable bonds is 7. The fourth-order valence-electron chi connectivity index (χ4n) is 4.12. The topological polar surface area (TPSA) is 106 Å². The molecule has 0 aliphatic carbocycles. The molecule has 2 fully saturated rings. The first-order valence-electron chi connectivity index (χ1n) is 11.4. The third kappa shape index (κ3) is 5.42. The van der Waals surface area contributed by atoms with Gasteiger partial charge in [0.1, 0.15) is 11.9 Å². The molecule has 2 aliphatic heterocycles. The van der Waals surface area contributed by atoms with Crippen LogP contribution in [0.5, 0.6) is 5.75 Å². The summed E-state index contributed by atoms with van der Waals surface area (Å²) in [6.07, 6.45) is 3.46. The van der Waals surface area contributed by atoms with Crippen LogP contribution in [-0.2, 0) is 11.3 Å². The molecular weight excluding hydrogens is 418 g/mol. The van der Waals surface area contributed by atoms with E-state index < -0.39 is 0 Å². The Balaban J connectivity index is 1.23. The van der Waals surface area contributed by atoms with Crippen molar-refractivity contribution in [3.63, 3.8) is 0 Å². The van der Waals surface area contributed by atoms with Gasteiger partial charge < -0.3 is 25.6 Å². The quantitative estimate of drug-likeness (QED) is 0.474. The zero-order chi connectivity index (χ0) is 22.6. The SMILES string of the molecule is Nc1cc(-c2ccnc(Nc3ccc(CN4CC(O)C4)cc3)n2)ccc1OC1CCOCC1. The molecule has 0 spiro atoms. The molecule has 5 rings (SSSR count). The Hall–Kier alpha value is -3.20. The van der Waals surface area contributed by atoms with Crippen molar-refractivity contribution in [1.82, 2.24) is 14.9 Å². The van der Waals surface area contributed by atoms with Crippen molar-refractivity contribution in [1.29, 1.82) is 0 Å². The van der Waals surface area contributed by atoms with Gasteiger partial charge in [0, 0.05) is 49.9 Å². The largest absolute Gasteiger partial charge is 0.488 e. The lowest BCUT2D eigenvalue weighted by atomic mass is 10.1. The highest BCUT2D eigenvalue weighted by molar-refractivity contribution is 5.69. The maximum absolute atomic E-state index is 9.42. The standard InChI is InChI=1S/C25H29N5O3/c26-22-13-18(3-6-24(22)33-21-8-11-32-12-9-21)23-7-10-27-25(29-23)28-19-4-1-17(2-5-19)14-30-15-20(31)16-30/h1-7,10,13,20-21,31H,8-9,11-12,14-16,26H2,(H,27,28,29). The number of nitrogens with one attached hydrogen (secondary N) is 1. The highest BCUT2D eigenvalue weighted by Crippen LogP contribution is 2.30. The van der Waals surface area contributed by atoms with Crippen LogP contribution in [0.15, 0.2) is 54.7 Å². The molecule has 0 unspecified atom stereocenters. The number of nitrogens with two attached hydrogens (primary N) is 1. The molecule has 2 aliphatic rings. The van der Waals surface area contributed by atoms with Gasteiger partial charge >= 0.3 is 0 Å². The van der Waals surface area contributed by atoms with Gasteiger partial charge in [-0.3, -0.25) is 4.90 Å². The summed E-state index contributed by atoms with van der Waals surface area (Å²) in [7, 11) is 0. The van der Waals surface area contributed by atoms with Crippen LogP contribution in [0, 0.1) is 0 Å². The average molecular weight is 448 g/mol. The van der Waals surface area contributed by atoms with Gasteiger partial charge in [0.15, 0.2) is 0 Å². The summed E-state index contributed by atoms with van der Waals surface area (Å²) in [4.78, 5) is 11.2. The fourth-order valence-corrected chi connectivity index (χ4v) is 4.12. The number of hydrogen-bond donors (Lipinski definition) is 3. The number of β-amino-alcohol motifs (C(OH)–C–C–N with tert-alkyl or cyclic N) is 1. The Morgan fingerprint density at radius 2 is 1.88 bits per heavy atom. The van der Waals surface area contributed by atoms with Crippen molar-refractivity contribution < 1.29 is 14.6 Å². The zero-order valence-corrected chi connectivity index (χ0v) is 18.5. The van der Waals surface area contributed by atoms with Gasteiger partial charge in [-0.05, 0) is 42.0 Å². The smallest absolute Gasteiger partial charge is 0.227 e. The summed E-state index contributed by atoms with van der Waals surface area (Å²) in [5.41, 5.74) is 10.7. The van der Waals surface area contributed by atoms with Gasteiger partial charge in [0.2, 0.25) is 5.95 Å². The van der Waals surface area contributed by atoms with Crippen molar-refractivity contribution in [2.45, 2.75) is 31.6 Å². The summed E-state index contributed by atoms with van der Waals surface area (Å²) in [5.74, 6) is 1.22. The van der Waals surface area contributed by atoms with Crippen LogP contribution < -0.4 is 15.8 Å². The Bertz CT molecular complexity index is 1080. The molecule has 8 nitrogen and oxygen atoms in total. The normalized spacial score (nSPS) is 17.5. The minimum Gasteiger partial charge on any atom is -0.488 e. The van der Waals surface area contributed by atoms with E-state index in [1.165, 1.54) is 5.56 Å². The molecule has 0 amide bonds. The molecule has 33 heavy (non-hydrogen) atoms. The van der Waals surface area contributed by atoms with Gasteiger partial charge in [0.25, 0.3) is 0 Å². The van der Waals surface area contributed by atoms with Crippen molar-refractivity contribution in [3.05, 3.63) is 60.3 Å². The maximum atomic E-state index is 9.42. The Morgan fingerprint density at radius 3 is 2.61 bits per heavy atom. The van der Waals surface area contributed by atoms with E-state index in [0.29, 0.717) is 17.4 Å². The number of nitrogen functional groups attached to an aromatic ring is 1. The average Bonchev–Trinajstić information content (AvgIpc) is 2.81. The molecule has 2 aromatic carbocycles. The molecule has 2 saturated heterocycles. The molecule has 0 radical (unpaired) electrons. The number of anilines is 3. The molecular formula is C25H29N5O3. The molecule has 4 N–H and O–H groups in total. The highest BCUT2D eigenvalue weighted by Gasteiger charge is 2.23. The number of hydrogen-bond acceptors (Lipinski definition) is 8. The summed E-state index contributed by atoms with van der Waals surface area (Å²) < 4.78 is 11.5. The van der Waals surface area contributed by atoms with Crippen LogP contribution in [0.25, 0.3) is 11.3 Å². The highest BCUT2D eigenvalue weighted by atomic mass is 16.5. The second kappa shape index (κ2) is 9.74. The fraction of sp³-hybridized carbons (Fsp3) is 0.360. The summed E-state index contributed by atoms with van der Waals surface area (Å²) in [6.45, 7) is 3.79. The first-order chi connectivity index (χ1) is 16.1. The minimum absolute atomic E-state index is 0.144. The molecule has 172 valence electrons. The lowest BCUT2D eigenvalue weighted by Gasteiger charge is -2.35. The van der Waals surface area contributed by atoms with E-state index in [0.717, 1.165) is 62.6 Å². The first kappa shape index (κ1) is 21.6. The van der Waals surface area contributed by atoms with Crippen LogP contribution in [-0.4, -0.2) is 58.5 Å². The van der Waals surface area contributed by atoms with Gasteiger partial charge in [-0.15, -0.1) is 0 Å². The minimum atomic E-state index is -0.179. The van der Waals surface area contributed by atoms with E-state index in [9.17, 15) is 5.11 Å². The Labute approximate surface area is 193 Å². The number of aromatic nitrogens is 2. The van der Waals surface area contributed by atoms with E-state index in [4.69, 9.17) is 15.2 Å². The van der Waals surface area contributed by atoms with Crippen molar-refractivity contribution in [3.8, 4) is 17.0 Å². The van der Waals surface area contributed by atoms with Gasteiger partial charge in [-0.1, -0.05) is 12.1 Å². The monoisotopic (exact) mass is 447 g/mol. The van der Waals surface area contributed by atoms with Gasteiger partial charge in [-0.25, -0.2) is 9.97 Å². The molecule has 0 atom stereocenters. The number of aliphatic hydroxyl groups excluding tert-OH is 1. The Morgan fingerprint density at radius 1 is 1.09 bits per heavy atom. The third-order valence-corrected chi connectivity index (χ3v) is 5.98. The number of aliphatic hydroxyl groups is 1. The van der Waals surface area contributed by atoms with E-state index in [1.54, 1.807) is 6.20 Å². The van der Waals surface area contributed by atoms with E-state index >= 15 is 0 Å². The molecule has 0 bridgehead atoms. The van der Waals surface area contributed by atoms with E-state index in [1.807, 2.05) is 36.4 Å². The van der Waals surface area contributed by atoms with Gasteiger partial charge in [0.05, 0.1) is 30.7 Å². The van der Waals surface area contributed by atoms with Gasteiger partial charge in [-0.2, -0.15) is 0 Å². The van der Waals surface area contributed by atoms with Crippen LogP contribution in [0.3, 0.4) is 0 Å². The molecule has 3 heterocycles.